The van der Waals surface area contributed by atoms with Gasteiger partial charge in [0.1, 0.15) is 19.0 Å². The lowest BCUT2D eigenvalue weighted by Gasteiger charge is -2.33. The minimum absolute atomic E-state index is 0.159. The number of amides is 1. The maximum absolute atomic E-state index is 12.4. The van der Waals surface area contributed by atoms with Crippen LogP contribution in [-0.2, 0) is 11.2 Å². The molecular weight excluding hydrogens is 402 g/mol. The Morgan fingerprint density at radius 1 is 1.12 bits per heavy atom. The Balaban J connectivity index is 1.45. The number of likely N-dealkylation sites (N-methyl/N-ethyl adjacent to an activating group) is 1. The number of aryl methyl sites for hydroxylation is 3. The normalized spacial score (nSPS) is 15.0. The molecule has 2 aliphatic rings. The third-order valence-corrected chi connectivity index (χ3v) is 5.84. The molecule has 7 nitrogen and oxygen atoms in total. The first kappa shape index (κ1) is 22.0. The number of hydrogen-bond acceptors (Lipinski definition) is 6. The van der Waals surface area contributed by atoms with Crippen molar-refractivity contribution >= 4 is 28.8 Å². The molecule has 0 saturated carbocycles. The molecule has 0 saturated heterocycles. The molecular formula is C25H31N5O2. The zero-order valence-electron chi connectivity index (χ0n) is 19.3. The van der Waals surface area contributed by atoms with Gasteiger partial charge in [-0.2, -0.15) is 0 Å². The molecule has 0 aromatic heterocycles. The molecule has 0 spiro atoms. The van der Waals surface area contributed by atoms with E-state index < -0.39 is 0 Å². The van der Waals surface area contributed by atoms with Crippen molar-refractivity contribution in [2.24, 2.45) is 9.98 Å². The second-order valence-corrected chi connectivity index (χ2v) is 8.58. The summed E-state index contributed by atoms with van der Waals surface area (Å²) < 4.78 is 5.78. The van der Waals surface area contributed by atoms with Gasteiger partial charge in [-0.3, -0.25) is 4.79 Å². The maximum atomic E-state index is 12.4. The van der Waals surface area contributed by atoms with Crippen molar-refractivity contribution in [1.29, 1.82) is 0 Å². The fraction of sp³-hybridized carbons (Fsp3) is 0.400. The maximum Gasteiger partial charge on any atom is 0.275 e. The number of hydrogen-bond donors (Lipinski definition) is 1. The Kier molecular flexibility index (Phi) is 6.55. The molecule has 2 aromatic carbocycles. The van der Waals surface area contributed by atoms with Gasteiger partial charge in [-0.15, -0.1) is 0 Å². The van der Waals surface area contributed by atoms with E-state index in [4.69, 9.17) is 4.74 Å². The number of carbonyl (C=O) groups excluding carboxylic acids is 1. The molecule has 0 atom stereocenters. The van der Waals surface area contributed by atoms with Crippen LogP contribution in [-0.4, -0.2) is 62.8 Å². The number of amidine groups is 1. The monoisotopic (exact) mass is 433 g/mol. The highest BCUT2D eigenvalue weighted by Gasteiger charge is 2.32. The van der Waals surface area contributed by atoms with E-state index in [1.807, 2.05) is 26.2 Å². The average molecular weight is 434 g/mol. The molecule has 0 radical (unpaired) electrons. The van der Waals surface area contributed by atoms with Crippen molar-refractivity contribution < 1.29 is 9.53 Å². The molecule has 32 heavy (non-hydrogen) atoms. The van der Waals surface area contributed by atoms with Gasteiger partial charge < -0.3 is 19.9 Å². The van der Waals surface area contributed by atoms with E-state index in [1.165, 1.54) is 11.1 Å². The van der Waals surface area contributed by atoms with Crippen LogP contribution in [0.15, 0.2) is 46.4 Å². The number of carbonyl (C=O) groups is 1. The number of nitrogens with one attached hydrogen (secondary N) is 1. The minimum atomic E-state index is -0.159. The summed E-state index contributed by atoms with van der Waals surface area (Å²) in [5.74, 6) is 1.41. The fourth-order valence-corrected chi connectivity index (χ4v) is 3.85. The Morgan fingerprint density at radius 3 is 2.62 bits per heavy atom. The zero-order chi connectivity index (χ0) is 22.7. The predicted molar refractivity (Wildman–Crippen MR) is 130 cm³/mol. The summed E-state index contributed by atoms with van der Waals surface area (Å²) in [5, 5.41) is 2.77. The number of anilines is 1. The van der Waals surface area contributed by atoms with Crippen molar-refractivity contribution in [3.63, 3.8) is 0 Å². The van der Waals surface area contributed by atoms with E-state index in [2.05, 4.69) is 63.2 Å². The minimum Gasteiger partial charge on any atom is -0.492 e. The smallest absolute Gasteiger partial charge is 0.275 e. The third-order valence-electron chi connectivity index (χ3n) is 5.84. The van der Waals surface area contributed by atoms with E-state index in [0.29, 0.717) is 24.8 Å². The van der Waals surface area contributed by atoms with Crippen molar-refractivity contribution in [3.05, 3.63) is 53.1 Å². The van der Waals surface area contributed by atoms with Gasteiger partial charge in [0.15, 0.2) is 11.5 Å². The molecule has 0 fully saturated rings. The summed E-state index contributed by atoms with van der Waals surface area (Å²) in [6.07, 6.45) is 1.86. The summed E-state index contributed by atoms with van der Waals surface area (Å²) in [5.41, 5.74) is 5.90. The summed E-state index contributed by atoms with van der Waals surface area (Å²) in [7, 11) is 4.07. The molecule has 168 valence electrons. The van der Waals surface area contributed by atoms with E-state index in [9.17, 15) is 4.79 Å². The van der Waals surface area contributed by atoms with Crippen LogP contribution in [0.5, 0.6) is 5.75 Å². The van der Waals surface area contributed by atoms with E-state index in [-0.39, 0.29) is 5.91 Å². The van der Waals surface area contributed by atoms with Crippen LogP contribution in [0, 0.1) is 13.8 Å². The molecule has 2 aromatic rings. The quantitative estimate of drug-likeness (QED) is 0.694. The summed E-state index contributed by atoms with van der Waals surface area (Å²) in [6, 6.07) is 12.5. The first-order valence-corrected chi connectivity index (χ1v) is 11.1. The second-order valence-electron chi connectivity index (χ2n) is 8.58. The highest BCUT2D eigenvalue weighted by molar-refractivity contribution is 6.70. The predicted octanol–water partition coefficient (Wildman–Crippen LogP) is 3.25. The van der Waals surface area contributed by atoms with Crippen LogP contribution in [0.25, 0.3) is 0 Å². The number of aliphatic imine (C=N–C) groups is 2. The molecule has 0 bridgehead atoms. The van der Waals surface area contributed by atoms with Crippen LogP contribution in [0.1, 0.15) is 23.1 Å². The van der Waals surface area contributed by atoms with Crippen molar-refractivity contribution in [3.8, 4) is 5.75 Å². The van der Waals surface area contributed by atoms with E-state index in [1.54, 1.807) is 0 Å². The van der Waals surface area contributed by atoms with Crippen molar-refractivity contribution in [2.45, 2.75) is 26.7 Å². The van der Waals surface area contributed by atoms with Gasteiger partial charge in [-0.1, -0.05) is 12.1 Å². The first-order valence-electron chi connectivity index (χ1n) is 11.1. The van der Waals surface area contributed by atoms with Crippen molar-refractivity contribution in [2.75, 3.05) is 45.4 Å². The highest BCUT2D eigenvalue weighted by Crippen LogP contribution is 2.36. The second kappa shape index (κ2) is 9.53. The lowest BCUT2D eigenvalue weighted by Crippen LogP contribution is -2.50. The SMILES string of the molecule is Cc1cc2c(cc1C)N(CCCc1ccc(OCCN(C)C)cc1)C1=NCNC(=O)C1=N2. The molecule has 2 aliphatic heterocycles. The largest absolute Gasteiger partial charge is 0.492 e. The van der Waals surface area contributed by atoms with E-state index in [0.717, 1.165) is 48.6 Å². The van der Waals surface area contributed by atoms with Crippen LogP contribution < -0.4 is 15.0 Å². The molecule has 1 N–H and O–H groups in total. The number of nitrogens with zero attached hydrogens (tertiary/aromatic N) is 4. The molecule has 1 amide bonds. The summed E-state index contributed by atoms with van der Waals surface area (Å²) in [4.78, 5) is 25.9. The molecule has 0 unspecified atom stereocenters. The molecule has 4 rings (SSSR count). The van der Waals surface area contributed by atoms with Crippen molar-refractivity contribution in [1.82, 2.24) is 10.2 Å². The first-order chi connectivity index (χ1) is 15.4. The Bertz CT molecular complexity index is 1060. The summed E-state index contributed by atoms with van der Waals surface area (Å²) in [6.45, 7) is 6.80. The Morgan fingerprint density at radius 2 is 1.88 bits per heavy atom. The Labute approximate surface area is 189 Å². The number of benzene rings is 2. The highest BCUT2D eigenvalue weighted by atomic mass is 16.5. The number of ether oxygens (including phenoxy) is 1. The number of rotatable bonds is 8. The lowest BCUT2D eigenvalue weighted by molar-refractivity contribution is -0.114. The van der Waals surface area contributed by atoms with E-state index >= 15 is 0 Å². The number of fused-ring (bicyclic) bond motifs is 2. The molecule has 2 heterocycles. The summed E-state index contributed by atoms with van der Waals surface area (Å²) >= 11 is 0. The van der Waals surface area contributed by atoms with Crippen LogP contribution >= 0.6 is 0 Å². The lowest BCUT2D eigenvalue weighted by atomic mass is 10.0. The van der Waals surface area contributed by atoms with Gasteiger partial charge in [-0.05, 0) is 81.7 Å². The molecule has 7 heteroatoms. The van der Waals surface area contributed by atoms with Gasteiger partial charge in [0.05, 0.1) is 11.4 Å². The third kappa shape index (κ3) is 4.83. The average Bonchev–Trinajstić information content (AvgIpc) is 2.76. The van der Waals surface area contributed by atoms with Gasteiger partial charge in [0, 0.05) is 13.1 Å². The van der Waals surface area contributed by atoms with Gasteiger partial charge in [-0.25, -0.2) is 9.98 Å². The van der Waals surface area contributed by atoms with Gasteiger partial charge in [0.2, 0.25) is 0 Å². The molecule has 0 aliphatic carbocycles. The van der Waals surface area contributed by atoms with Crippen LogP contribution in [0.4, 0.5) is 11.4 Å². The van der Waals surface area contributed by atoms with Gasteiger partial charge in [0.25, 0.3) is 5.91 Å². The Hall–Kier alpha value is -3.19. The topological polar surface area (TPSA) is 69.5 Å². The van der Waals surface area contributed by atoms with Crippen LogP contribution in [0.2, 0.25) is 0 Å². The zero-order valence-corrected chi connectivity index (χ0v) is 19.3. The van der Waals surface area contributed by atoms with Gasteiger partial charge >= 0.3 is 0 Å². The standard InChI is InChI=1S/C25H31N5O2/c1-17-14-21-22(15-18(17)2)30(24-23(28-21)25(31)27-16-26-24)11-5-6-19-7-9-20(10-8-19)32-13-12-29(3)4/h7-10,14-15H,5-6,11-13,16H2,1-4H3,(H,27,31). The van der Waals surface area contributed by atoms with Crippen LogP contribution in [0.3, 0.4) is 0 Å². The fourth-order valence-electron chi connectivity index (χ4n) is 3.85.